The van der Waals surface area contributed by atoms with Crippen molar-refractivity contribution in [3.63, 3.8) is 0 Å². The number of hydrogen-bond acceptors (Lipinski definition) is 6. The molecule has 39 heavy (non-hydrogen) atoms. The third-order valence-corrected chi connectivity index (χ3v) is 7.55. The number of fused-ring (bicyclic) bond motifs is 1. The van der Waals surface area contributed by atoms with Crippen LogP contribution >= 0.6 is 11.3 Å². The largest absolute Gasteiger partial charge is 0.464 e. The van der Waals surface area contributed by atoms with Crippen molar-refractivity contribution in [3.8, 4) is 0 Å². The van der Waals surface area contributed by atoms with Crippen LogP contribution in [0.4, 0.5) is 0 Å². The molecule has 3 aromatic carbocycles. The number of carbonyl (C=O) groups excluding carboxylic acids is 3. The highest BCUT2D eigenvalue weighted by Crippen LogP contribution is 2.25. The van der Waals surface area contributed by atoms with Gasteiger partial charge in [-0.15, -0.1) is 11.3 Å². The highest BCUT2D eigenvalue weighted by molar-refractivity contribution is 7.12. The summed E-state index contributed by atoms with van der Waals surface area (Å²) in [5, 5.41) is 8.83. The van der Waals surface area contributed by atoms with Crippen molar-refractivity contribution < 1.29 is 19.1 Å². The van der Waals surface area contributed by atoms with E-state index in [4.69, 9.17) is 4.74 Å². The molecular weight excluding hydrogens is 510 g/mol. The average molecular weight is 542 g/mol. The lowest BCUT2D eigenvalue weighted by molar-refractivity contribution is -0.136. The van der Waals surface area contributed by atoms with Crippen LogP contribution in [0.2, 0.25) is 0 Å². The SMILES string of the molecule is COC(=O)C(=Cc1sc(C)nc1C)NC(=O)c1c(C)cc(C(=O)N[C@H](C)c2cccc3ccccc23)cc1C. The summed E-state index contributed by atoms with van der Waals surface area (Å²) in [6.07, 6.45) is 1.57. The lowest BCUT2D eigenvalue weighted by atomic mass is 9.97. The zero-order valence-electron chi connectivity index (χ0n) is 22.8. The van der Waals surface area contributed by atoms with E-state index < -0.39 is 11.9 Å². The van der Waals surface area contributed by atoms with Gasteiger partial charge in [0.15, 0.2) is 0 Å². The lowest BCUT2D eigenvalue weighted by Crippen LogP contribution is -2.30. The van der Waals surface area contributed by atoms with E-state index in [1.807, 2.05) is 63.2 Å². The number of methoxy groups -OCH3 is 1. The van der Waals surface area contributed by atoms with Crippen LogP contribution in [0.3, 0.4) is 0 Å². The van der Waals surface area contributed by atoms with Crippen LogP contribution < -0.4 is 10.6 Å². The molecule has 200 valence electrons. The molecule has 1 atom stereocenters. The van der Waals surface area contributed by atoms with Crippen molar-refractivity contribution >= 4 is 46.0 Å². The molecule has 4 rings (SSSR count). The van der Waals surface area contributed by atoms with E-state index in [2.05, 4.69) is 15.6 Å². The predicted molar refractivity (Wildman–Crippen MR) is 155 cm³/mol. The second-order valence-corrected chi connectivity index (χ2v) is 10.7. The fourth-order valence-electron chi connectivity index (χ4n) is 4.69. The number of amides is 2. The van der Waals surface area contributed by atoms with Gasteiger partial charge in [-0.05, 0) is 80.3 Å². The Bertz CT molecular complexity index is 1590. The van der Waals surface area contributed by atoms with Gasteiger partial charge in [-0.3, -0.25) is 9.59 Å². The summed E-state index contributed by atoms with van der Waals surface area (Å²) in [6.45, 7) is 9.20. The highest BCUT2D eigenvalue weighted by atomic mass is 32.1. The first-order valence-electron chi connectivity index (χ1n) is 12.5. The van der Waals surface area contributed by atoms with Gasteiger partial charge in [0.2, 0.25) is 0 Å². The number of nitrogens with one attached hydrogen (secondary N) is 2. The molecule has 7 nitrogen and oxygen atoms in total. The number of hydrogen-bond donors (Lipinski definition) is 2. The van der Waals surface area contributed by atoms with Gasteiger partial charge in [0, 0.05) is 11.1 Å². The van der Waals surface area contributed by atoms with Crippen LogP contribution in [-0.4, -0.2) is 29.9 Å². The first kappa shape index (κ1) is 27.7. The lowest BCUT2D eigenvalue weighted by Gasteiger charge is -2.18. The second kappa shape index (κ2) is 11.6. The Balaban J connectivity index is 1.56. The molecule has 0 fully saturated rings. The molecule has 0 bridgehead atoms. The van der Waals surface area contributed by atoms with E-state index in [0.29, 0.717) is 22.3 Å². The Hall–Kier alpha value is -4.30. The summed E-state index contributed by atoms with van der Waals surface area (Å²) in [7, 11) is 1.26. The third-order valence-electron chi connectivity index (χ3n) is 6.53. The summed E-state index contributed by atoms with van der Waals surface area (Å²) in [4.78, 5) is 44.1. The maximum Gasteiger partial charge on any atom is 0.354 e. The van der Waals surface area contributed by atoms with Gasteiger partial charge in [-0.1, -0.05) is 42.5 Å². The highest BCUT2D eigenvalue weighted by Gasteiger charge is 2.21. The Kier molecular flexibility index (Phi) is 8.26. The van der Waals surface area contributed by atoms with Crippen molar-refractivity contribution in [2.24, 2.45) is 0 Å². The quantitative estimate of drug-likeness (QED) is 0.222. The van der Waals surface area contributed by atoms with E-state index in [1.165, 1.54) is 18.4 Å². The van der Waals surface area contributed by atoms with Crippen molar-refractivity contribution in [3.05, 3.63) is 104 Å². The molecule has 0 saturated heterocycles. The number of benzene rings is 3. The van der Waals surface area contributed by atoms with Crippen LogP contribution in [0.25, 0.3) is 16.8 Å². The minimum Gasteiger partial charge on any atom is -0.464 e. The number of esters is 1. The molecule has 0 saturated carbocycles. The molecule has 0 radical (unpaired) electrons. The molecular formula is C31H31N3O4S. The van der Waals surface area contributed by atoms with E-state index >= 15 is 0 Å². The van der Waals surface area contributed by atoms with Crippen molar-refractivity contribution in [1.82, 2.24) is 15.6 Å². The van der Waals surface area contributed by atoms with Crippen LogP contribution in [0.1, 0.15) is 66.0 Å². The Morgan fingerprint density at radius 1 is 0.949 bits per heavy atom. The van der Waals surface area contributed by atoms with E-state index in [0.717, 1.165) is 31.9 Å². The normalized spacial score (nSPS) is 12.2. The monoisotopic (exact) mass is 541 g/mol. The zero-order valence-corrected chi connectivity index (χ0v) is 23.7. The molecule has 0 aliphatic heterocycles. The van der Waals surface area contributed by atoms with Gasteiger partial charge in [-0.25, -0.2) is 9.78 Å². The molecule has 0 aliphatic rings. The molecule has 0 spiro atoms. The molecule has 2 amide bonds. The number of aromatic nitrogens is 1. The van der Waals surface area contributed by atoms with E-state index in [-0.39, 0.29) is 17.6 Å². The summed E-state index contributed by atoms with van der Waals surface area (Å²) in [6, 6.07) is 17.3. The van der Waals surface area contributed by atoms with Gasteiger partial charge < -0.3 is 15.4 Å². The number of nitrogens with zero attached hydrogens (tertiary/aromatic N) is 1. The summed E-state index contributed by atoms with van der Waals surface area (Å²) < 4.78 is 4.89. The smallest absolute Gasteiger partial charge is 0.354 e. The van der Waals surface area contributed by atoms with Gasteiger partial charge in [0.25, 0.3) is 11.8 Å². The fourth-order valence-corrected chi connectivity index (χ4v) is 5.56. The summed E-state index contributed by atoms with van der Waals surface area (Å²) in [5.41, 5.74) is 3.87. The topological polar surface area (TPSA) is 97.4 Å². The predicted octanol–water partition coefficient (Wildman–Crippen LogP) is 5.96. The van der Waals surface area contributed by atoms with Crippen LogP contribution in [-0.2, 0) is 9.53 Å². The Morgan fingerprint density at radius 3 is 2.26 bits per heavy atom. The van der Waals surface area contributed by atoms with Gasteiger partial charge in [-0.2, -0.15) is 0 Å². The number of thiazole rings is 1. The maximum atomic E-state index is 13.3. The molecule has 8 heteroatoms. The van der Waals surface area contributed by atoms with Crippen molar-refractivity contribution in [2.75, 3.05) is 7.11 Å². The van der Waals surface area contributed by atoms with Gasteiger partial charge in [0.1, 0.15) is 5.70 Å². The van der Waals surface area contributed by atoms with Crippen LogP contribution in [0.5, 0.6) is 0 Å². The standard InChI is InChI=1S/C31H31N3O4S/c1-17-14-23(29(35)33-19(3)24-13-9-11-22-10-7-8-12-25(22)24)15-18(2)28(17)30(36)34-26(31(37)38-6)16-27-20(4)32-21(5)39-27/h7-16,19H,1-6H3,(H,33,35)(H,34,36)/t19-/m1/s1. The van der Waals surface area contributed by atoms with E-state index in [9.17, 15) is 14.4 Å². The molecule has 0 unspecified atom stereocenters. The maximum absolute atomic E-state index is 13.3. The summed E-state index contributed by atoms with van der Waals surface area (Å²) >= 11 is 1.42. The minimum atomic E-state index is -0.664. The average Bonchev–Trinajstić information content (AvgIpc) is 3.22. The van der Waals surface area contributed by atoms with Crippen molar-refractivity contribution in [1.29, 1.82) is 0 Å². The Morgan fingerprint density at radius 2 is 1.62 bits per heavy atom. The van der Waals surface area contributed by atoms with E-state index in [1.54, 1.807) is 32.1 Å². The summed E-state index contributed by atoms with van der Waals surface area (Å²) in [5.74, 6) is -1.36. The Labute approximate surface area is 231 Å². The minimum absolute atomic E-state index is 0.0128. The molecule has 2 N–H and O–H groups in total. The van der Waals surface area contributed by atoms with Crippen LogP contribution in [0, 0.1) is 27.7 Å². The van der Waals surface area contributed by atoms with Gasteiger partial charge >= 0.3 is 5.97 Å². The number of ether oxygens (including phenoxy) is 1. The second-order valence-electron chi connectivity index (χ2n) is 9.43. The van der Waals surface area contributed by atoms with Gasteiger partial charge in [0.05, 0.1) is 28.7 Å². The third kappa shape index (κ3) is 6.07. The fraction of sp³-hybridized carbons (Fsp3) is 0.226. The first-order valence-corrected chi connectivity index (χ1v) is 13.4. The zero-order chi connectivity index (χ0) is 28.3. The first-order chi connectivity index (χ1) is 18.6. The molecule has 1 aromatic heterocycles. The van der Waals surface area contributed by atoms with Crippen molar-refractivity contribution in [2.45, 2.75) is 40.7 Å². The number of carbonyl (C=O) groups is 3. The molecule has 1 heterocycles. The number of aryl methyl sites for hydroxylation is 4. The molecule has 0 aliphatic carbocycles. The molecule has 4 aromatic rings. The van der Waals surface area contributed by atoms with Crippen LogP contribution in [0.15, 0.2) is 60.3 Å². The number of rotatable bonds is 7.